The highest BCUT2D eigenvalue weighted by Gasteiger charge is 2.13. The van der Waals surface area contributed by atoms with Crippen LogP contribution in [0.1, 0.15) is 17.3 Å². The smallest absolute Gasteiger partial charge is 0.343 e. The van der Waals surface area contributed by atoms with Crippen LogP contribution < -0.4 is 9.47 Å². The van der Waals surface area contributed by atoms with Crippen LogP contribution in [0.15, 0.2) is 48.5 Å². The molecule has 0 amide bonds. The van der Waals surface area contributed by atoms with Gasteiger partial charge in [0.25, 0.3) is 5.69 Å². The first-order valence-electron chi connectivity index (χ1n) is 6.30. The SMILES string of the molecule is CCOc1ccccc1OC(=O)c1ccc([N+](=O)[O-])cc1. The second-order valence-corrected chi connectivity index (χ2v) is 4.07. The van der Waals surface area contributed by atoms with Crippen LogP contribution in [-0.4, -0.2) is 17.5 Å². The lowest BCUT2D eigenvalue weighted by Gasteiger charge is -2.10. The molecule has 0 saturated heterocycles. The number of benzene rings is 2. The Hall–Kier alpha value is -2.89. The van der Waals surface area contributed by atoms with Crippen LogP contribution in [0.4, 0.5) is 5.69 Å². The molecule has 0 bridgehead atoms. The summed E-state index contributed by atoms with van der Waals surface area (Å²) >= 11 is 0. The molecule has 6 nitrogen and oxygen atoms in total. The van der Waals surface area contributed by atoms with Crippen LogP contribution in [0.3, 0.4) is 0 Å². The second-order valence-electron chi connectivity index (χ2n) is 4.07. The standard InChI is InChI=1S/C15H13NO5/c1-2-20-13-5-3-4-6-14(13)21-15(17)11-7-9-12(10-8-11)16(18)19/h3-10H,2H2,1H3. The van der Waals surface area contributed by atoms with E-state index in [2.05, 4.69) is 0 Å². The normalized spacial score (nSPS) is 9.95. The molecule has 0 radical (unpaired) electrons. The first-order valence-corrected chi connectivity index (χ1v) is 6.30. The molecule has 0 aromatic heterocycles. The summed E-state index contributed by atoms with van der Waals surface area (Å²) in [7, 11) is 0. The minimum atomic E-state index is -0.600. The van der Waals surface area contributed by atoms with Gasteiger partial charge in [-0.1, -0.05) is 12.1 Å². The van der Waals surface area contributed by atoms with E-state index >= 15 is 0 Å². The molecule has 0 spiro atoms. The molecule has 0 aliphatic rings. The molecule has 0 saturated carbocycles. The second kappa shape index (κ2) is 6.51. The van der Waals surface area contributed by atoms with Crippen molar-refractivity contribution in [1.29, 1.82) is 0 Å². The molecular weight excluding hydrogens is 274 g/mol. The van der Waals surface area contributed by atoms with E-state index in [0.29, 0.717) is 18.1 Å². The number of para-hydroxylation sites is 2. The average molecular weight is 287 g/mol. The largest absolute Gasteiger partial charge is 0.490 e. The lowest BCUT2D eigenvalue weighted by Crippen LogP contribution is -2.09. The van der Waals surface area contributed by atoms with Crippen molar-refractivity contribution >= 4 is 11.7 Å². The number of ether oxygens (including phenoxy) is 2. The number of non-ortho nitro benzene ring substituents is 1. The first kappa shape index (κ1) is 14.5. The summed E-state index contributed by atoms with van der Waals surface area (Å²) in [6.07, 6.45) is 0. The number of hydrogen-bond donors (Lipinski definition) is 0. The zero-order valence-electron chi connectivity index (χ0n) is 11.3. The van der Waals surface area contributed by atoms with Crippen LogP contribution in [-0.2, 0) is 0 Å². The number of rotatable bonds is 5. The van der Waals surface area contributed by atoms with Crippen LogP contribution in [0, 0.1) is 10.1 Å². The highest BCUT2D eigenvalue weighted by molar-refractivity contribution is 5.91. The zero-order chi connectivity index (χ0) is 15.2. The molecule has 0 aliphatic heterocycles. The molecule has 2 aromatic rings. The first-order chi connectivity index (χ1) is 10.1. The number of esters is 1. The van der Waals surface area contributed by atoms with Crippen molar-refractivity contribution in [2.75, 3.05) is 6.61 Å². The molecule has 0 unspecified atom stereocenters. The fourth-order valence-electron chi connectivity index (χ4n) is 1.69. The fourth-order valence-corrected chi connectivity index (χ4v) is 1.69. The van der Waals surface area contributed by atoms with Crippen molar-refractivity contribution in [3.63, 3.8) is 0 Å². The molecule has 0 atom stereocenters. The Kier molecular flexibility index (Phi) is 4.50. The average Bonchev–Trinajstić information content (AvgIpc) is 2.49. The van der Waals surface area contributed by atoms with E-state index in [4.69, 9.17) is 9.47 Å². The van der Waals surface area contributed by atoms with Gasteiger partial charge in [0.2, 0.25) is 0 Å². The topological polar surface area (TPSA) is 78.7 Å². The van der Waals surface area contributed by atoms with Gasteiger partial charge in [0.05, 0.1) is 17.1 Å². The van der Waals surface area contributed by atoms with E-state index in [1.54, 1.807) is 24.3 Å². The third-order valence-electron chi connectivity index (χ3n) is 2.67. The molecule has 0 N–H and O–H groups in total. The fraction of sp³-hybridized carbons (Fsp3) is 0.133. The monoisotopic (exact) mass is 287 g/mol. The summed E-state index contributed by atoms with van der Waals surface area (Å²) in [5.41, 5.74) is 0.146. The maximum atomic E-state index is 12.0. The minimum absolute atomic E-state index is 0.0822. The summed E-state index contributed by atoms with van der Waals surface area (Å²) in [5, 5.41) is 10.6. The minimum Gasteiger partial charge on any atom is -0.490 e. The molecular formula is C15H13NO5. The number of nitro groups is 1. The van der Waals surface area contributed by atoms with Crippen molar-refractivity contribution in [1.82, 2.24) is 0 Å². The lowest BCUT2D eigenvalue weighted by molar-refractivity contribution is -0.384. The van der Waals surface area contributed by atoms with E-state index in [9.17, 15) is 14.9 Å². The van der Waals surface area contributed by atoms with Gasteiger partial charge in [-0.05, 0) is 31.2 Å². The van der Waals surface area contributed by atoms with Crippen molar-refractivity contribution < 1.29 is 19.2 Å². The van der Waals surface area contributed by atoms with Gasteiger partial charge in [0.1, 0.15) is 0 Å². The molecule has 2 rings (SSSR count). The maximum absolute atomic E-state index is 12.0. The van der Waals surface area contributed by atoms with Crippen LogP contribution in [0.5, 0.6) is 11.5 Å². The van der Waals surface area contributed by atoms with E-state index < -0.39 is 10.9 Å². The number of carbonyl (C=O) groups is 1. The Morgan fingerprint density at radius 1 is 1.10 bits per heavy atom. The van der Waals surface area contributed by atoms with Gasteiger partial charge in [0.15, 0.2) is 11.5 Å². The van der Waals surface area contributed by atoms with Gasteiger partial charge >= 0.3 is 5.97 Å². The Balaban J connectivity index is 2.16. The molecule has 2 aromatic carbocycles. The highest BCUT2D eigenvalue weighted by Crippen LogP contribution is 2.27. The van der Waals surface area contributed by atoms with Gasteiger partial charge < -0.3 is 9.47 Å². The van der Waals surface area contributed by atoms with Gasteiger partial charge in [-0.15, -0.1) is 0 Å². The Labute approximate surface area is 121 Å². The Morgan fingerprint density at radius 3 is 2.29 bits per heavy atom. The Bertz CT molecular complexity index is 651. The summed E-state index contributed by atoms with van der Waals surface area (Å²) in [6.45, 7) is 2.28. The molecule has 21 heavy (non-hydrogen) atoms. The maximum Gasteiger partial charge on any atom is 0.343 e. The van der Waals surface area contributed by atoms with E-state index in [-0.39, 0.29) is 11.3 Å². The Morgan fingerprint density at radius 2 is 1.71 bits per heavy atom. The van der Waals surface area contributed by atoms with Crippen molar-refractivity contribution in [3.8, 4) is 11.5 Å². The third kappa shape index (κ3) is 3.56. The van der Waals surface area contributed by atoms with Crippen LogP contribution in [0.25, 0.3) is 0 Å². The molecule has 6 heteroatoms. The van der Waals surface area contributed by atoms with E-state index in [1.165, 1.54) is 24.3 Å². The van der Waals surface area contributed by atoms with Gasteiger partial charge in [-0.25, -0.2) is 4.79 Å². The van der Waals surface area contributed by atoms with Crippen molar-refractivity contribution in [3.05, 3.63) is 64.2 Å². The predicted octanol–water partition coefficient (Wildman–Crippen LogP) is 3.21. The van der Waals surface area contributed by atoms with Gasteiger partial charge in [0, 0.05) is 12.1 Å². The number of hydrogen-bond acceptors (Lipinski definition) is 5. The zero-order valence-corrected chi connectivity index (χ0v) is 11.3. The summed E-state index contributed by atoms with van der Waals surface area (Å²) in [6, 6.07) is 12.0. The molecule has 108 valence electrons. The molecule has 0 aliphatic carbocycles. The van der Waals surface area contributed by atoms with Gasteiger partial charge in [-0.3, -0.25) is 10.1 Å². The highest BCUT2D eigenvalue weighted by atomic mass is 16.6. The predicted molar refractivity (Wildman–Crippen MR) is 75.7 cm³/mol. The van der Waals surface area contributed by atoms with Gasteiger partial charge in [-0.2, -0.15) is 0 Å². The van der Waals surface area contributed by atoms with Crippen LogP contribution >= 0.6 is 0 Å². The van der Waals surface area contributed by atoms with E-state index in [0.717, 1.165) is 0 Å². The summed E-state index contributed by atoms with van der Waals surface area (Å²) in [5.74, 6) is 0.176. The number of carbonyl (C=O) groups excluding carboxylic acids is 1. The summed E-state index contributed by atoms with van der Waals surface area (Å²) < 4.78 is 10.6. The molecule has 0 fully saturated rings. The number of nitrogens with zero attached hydrogens (tertiary/aromatic N) is 1. The van der Waals surface area contributed by atoms with Crippen molar-refractivity contribution in [2.24, 2.45) is 0 Å². The van der Waals surface area contributed by atoms with Crippen molar-refractivity contribution in [2.45, 2.75) is 6.92 Å². The molecule has 0 heterocycles. The van der Waals surface area contributed by atoms with E-state index in [1.807, 2.05) is 6.92 Å². The van der Waals surface area contributed by atoms with Crippen LogP contribution in [0.2, 0.25) is 0 Å². The third-order valence-corrected chi connectivity index (χ3v) is 2.67. The quantitative estimate of drug-likeness (QED) is 0.365. The lowest BCUT2D eigenvalue weighted by atomic mass is 10.2. The number of nitro benzene ring substituents is 1. The summed E-state index contributed by atoms with van der Waals surface area (Å²) in [4.78, 5) is 22.0.